The van der Waals surface area contributed by atoms with Crippen LogP contribution in [0.25, 0.3) is 5.70 Å². The number of fused-ring (bicyclic) bond motifs is 1. The second kappa shape index (κ2) is 5.92. The Hall–Kier alpha value is -2.55. The molecule has 118 valence electrons. The third kappa shape index (κ3) is 3.29. The highest BCUT2D eigenvalue weighted by Crippen LogP contribution is 2.29. The number of methoxy groups -OCH3 is 1. The van der Waals surface area contributed by atoms with Gasteiger partial charge < -0.3 is 10.1 Å². The van der Waals surface area contributed by atoms with Crippen LogP contribution in [0.4, 0.5) is 0 Å². The molecule has 23 heavy (non-hydrogen) atoms. The first-order valence-corrected chi connectivity index (χ1v) is 7.75. The molecular formula is C20H21NO2. The summed E-state index contributed by atoms with van der Waals surface area (Å²) in [6.45, 7) is 4.29. The highest BCUT2D eigenvalue weighted by molar-refractivity contribution is 6.08. The molecule has 0 spiro atoms. The van der Waals surface area contributed by atoms with Gasteiger partial charge in [0.25, 0.3) is 0 Å². The topological polar surface area (TPSA) is 38.3 Å². The summed E-state index contributed by atoms with van der Waals surface area (Å²) in [6.07, 6.45) is 2.63. The minimum atomic E-state index is -0.0746. The van der Waals surface area contributed by atoms with E-state index in [1.165, 1.54) is 5.56 Å². The van der Waals surface area contributed by atoms with Crippen molar-refractivity contribution in [2.24, 2.45) is 0 Å². The molecule has 0 radical (unpaired) electrons. The smallest absolute Gasteiger partial charge is 0.188 e. The van der Waals surface area contributed by atoms with Crippen LogP contribution >= 0.6 is 0 Å². The number of benzene rings is 2. The predicted octanol–water partition coefficient (Wildman–Crippen LogP) is 3.84. The number of allylic oxidation sites excluding steroid dienone is 1. The van der Waals surface area contributed by atoms with Gasteiger partial charge in [-0.15, -0.1) is 0 Å². The molecule has 1 aliphatic heterocycles. The SMILES string of the molecule is COc1cccc(C(=O)C=C2NC(C)(C)Cc3ccccc32)c1. The van der Waals surface area contributed by atoms with Gasteiger partial charge in [-0.05, 0) is 38.0 Å². The number of carbonyl (C=O) groups excluding carboxylic acids is 1. The average Bonchev–Trinajstić information content (AvgIpc) is 2.53. The van der Waals surface area contributed by atoms with E-state index < -0.39 is 0 Å². The summed E-state index contributed by atoms with van der Waals surface area (Å²) in [7, 11) is 1.60. The lowest BCUT2D eigenvalue weighted by atomic mass is 9.85. The van der Waals surface area contributed by atoms with Gasteiger partial charge in [0.15, 0.2) is 5.78 Å². The molecule has 0 unspecified atom stereocenters. The molecule has 0 atom stereocenters. The first-order chi connectivity index (χ1) is 11.0. The van der Waals surface area contributed by atoms with E-state index in [0.29, 0.717) is 11.3 Å². The highest BCUT2D eigenvalue weighted by atomic mass is 16.5. The molecule has 0 fully saturated rings. The number of hydrogen-bond acceptors (Lipinski definition) is 3. The van der Waals surface area contributed by atoms with Crippen LogP contribution in [0.5, 0.6) is 5.75 Å². The van der Waals surface area contributed by atoms with Crippen LogP contribution in [-0.2, 0) is 6.42 Å². The Morgan fingerprint density at radius 1 is 1.17 bits per heavy atom. The van der Waals surface area contributed by atoms with E-state index in [9.17, 15) is 4.79 Å². The Bertz CT molecular complexity index is 775. The van der Waals surface area contributed by atoms with Crippen molar-refractivity contribution in [2.75, 3.05) is 7.11 Å². The Morgan fingerprint density at radius 2 is 1.96 bits per heavy atom. The molecule has 0 bridgehead atoms. The van der Waals surface area contributed by atoms with E-state index >= 15 is 0 Å². The summed E-state index contributed by atoms with van der Waals surface area (Å²) in [4.78, 5) is 12.6. The fourth-order valence-electron chi connectivity index (χ4n) is 2.99. The highest BCUT2D eigenvalue weighted by Gasteiger charge is 2.27. The zero-order valence-corrected chi connectivity index (χ0v) is 13.7. The van der Waals surface area contributed by atoms with Crippen LogP contribution in [0.15, 0.2) is 54.6 Å². The van der Waals surface area contributed by atoms with Gasteiger partial charge in [0, 0.05) is 28.4 Å². The predicted molar refractivity (Wildman–Crippen MR) is 92.7 cm³/mol. The molecule has 1 N–H and O–H groups in total. The molecular weight excluding hydrogens is 286 g/mol. The second-order valence-electron chi connectivity index (χ2n) is 6.50. The second-order valence-corrected chi connectivity index (χ2v) is 6.50. The Labute approximate surface area is 137 Å². The maximum Gasteiger partial charge on any atom is 0.188 e. The molecule has 0 saturated carbocycles. The number of nitrogens with one attached hydrogen (secondary N) is 1. The van der Waals surface area contributed by atoms with Crippen molar-refractivity contribution < 1.29 is 9.53 Å². The van der Waals surface area contributed by atoms with Crippen LogP contribution in [0, 0.1) is 0 Å². The van der Waals surface area contributed by atoms with E-state index in [0.717, 1.165) is 17.7 Å². The number of carbonyl (C=O) groups is 1. The van der Waals surface area contributed by atoms with Gasteiger partial charge in [-0.3, -0.25) is 4.79 Å². The third-order valence-electron chi connectivity index (χ3n) is 4.04. The van der Waals surface area contributed by atoms with Crippen LogP contribution < -0.4 is 10.1 Å². The first kappa shape index (κ1) is 15.3. The Morgan fingerprint density at radius 3 is 2.74 bits per heavy atom. The molecule has 0 aliphatic carbocycles. The lowest BCUT2D eigenvalue weighted by Crippen LogP contribution is -2.43. The van der Waals surface area contributed by atoms with Crippen molar-refractivity contribution in [3.63, 3.8) is 0 Å². The number of hydrogen-bond donors (Lipinski definition) is 1. The third-order valence-corrected chi connectivity index (χ3v) is 4.04. The molecule has 0 saturated heterocycles. The van der Waals surface area contributed by atoms with Crippen LogP contribution in [0.3, 0.4) is 0 Å². The van der Waals surface area contributed by atoms with Crippen molar-refractivity contribution >= 4 is 11.5 Å². The van der Waals surface area contributed by atoms with Crippen molar-refractivity contribution in [3.8, 4) is 5.75 Å². The molecule has 3 nitrogen and oxygen atoms in total. The summed E-state index contributed by atoms with van der Waals surface area (Å²) >= 11 is 0. The van der Waals surface area contributed by atoms with Crippen molar-refractivity contribution in [1.29, 1.82) is 0 Å². The Balaban J connectivity index is 1.99. The number of rotatable bonds is 3. The molecule has 1 heterocycles. The number of ether oxygens (including phenoxy) is 1. The molecule has 0 aromatic heterocycles. The van der Waals surface area contributed by atoms with E-state index in [4.69, 9.17) is 4.74 Å². The van der Waals surface area contributed by atoms with Crippen LogP contribution in [0.2, 0.25) is 0 Å². The fraction of sp³-hybridized carbons (Fsp3) is 0.250. The van der Waals surface area contributed by atoms with Gasteiger partial charge in [-0.2, -0.15) is 0 Å². The van der Waals surface area contributed by atoms with Gasteiger partial charge in [-0.1, -0.05) is 36.4 Å². The molecule has 2 aromatic rings. The maximum atomic E-state index is 12.6. The van der Waals surface area contributed by atoms with Gasteiger partial charge in [0.2, 0.25) is 0 Å². The zero-order valence-electron chi connectivity index (χ0n) is 13.7. The van der Waals surface area contributed by atoms with Gasteiger partial charge >= 0.3 is 0 Å². The molecule has 3 rings (SSSR count). The summed E-state index contributed by atoms with van der Waals surface area (Å²) in [6, 6.07) is 15.5. The van der Waals surface area contributed by atoms with Gasteiger partial charge in [-0.25, -0.2) is 0 Å². The minimum absolute atomic E-state index is 0.0288. The molecule has 1 aliphatic rings. The normalized spacial score (nSPS) is 17.3. The molecule has 3 heteroatoms. The zero-order chi connectivity index (χ0) is 16.4. The van der Waals surface area contributed by atoms with Crippen molar-refractivity contribution in [2.45, 2.75) is 25.8 Å². The average molecular weight is 307 g/mol. The molecule has 0 amide bonds. The van der Waals surface area contributed by atoms with Gasteiger partial charge in [0.1, 0.15) is 5.75 Å². The van der Waals surface area contributed by atoms with Gasteiger partial charge in [0.05, 0.1) is 7.11 Å². The van der Waals surface area contributed by atoms with E-state index in [-0.39, 0.29) is 11.3 Å². The van der Waals surface area contributed by atoms with Crippen molar-refractivity contribution in [1.82, 2.24) is 5.32 Å². The van der Waals surface area contributed by atoms with E-state index in [2.05, 4.69) is 31.3 Å². The lowest BCUT2D eigenvalue weighted by Gasteiger charge is -2.35. The maximum absolute atomic E-state index is 12.6. The van der Waals surface area contributed by atoms with E-state index in [1.54, 1.807) is 19.3 Å². The number of ketones is 1. The summed E-state index contributed by atoms with van der Waals surface area (Å²) < 4.78 is 5.20. The monoisotopic (exact) mass is 307 g/mol. The Kier molecular flexibility index (Phi) is 3.95. The lowest BCUT2D eigenvalue weighted by molar-refractivity contribution is 0.104. The minimum Gasteiger partial charge on any atom is -0.497 e. The largest absolute Gasteiger partial charge is 0.497 e. The fourth-order valence-corrected chi connectivity index (χ4v) is 2.99. The quantitative estimate of drug-likeness (QED) is 0.691. The summed E-state index contributed by atoms with van der Waals surface area (Å²) in [5, 5.41) is 3.49. The van der Waals surface area contributed by atoms with E-state index in [1.807, 2.05) is 30.3 Å². The van der Waals surface area contributed by atoms with Crippen molar-refractivity contribution in [3.05, 3.63) is 71.3 Å². The van der Waals surface area contributed by atoms with Crippen LogP contribution in [0.1, 0.15) is 35.3 Å². The molecule has 2 aromatic carbocycles. The first-order valence-electron chi connectivity index (χ1n) is 7.75. The summed E-state index contributed by atoms with van der Waals surface area (Å²) in [5.74, 6) is 0.658. The summed E-state index contributed by atoms with van der Waals surface area (Å²) in [5.41, 5.74) is 3.79. The van der Waals surface area contributed by atoms with Crippen LogP contribution in [-0.4, -0.2) is 18.4 Å². The standard InChI is InChI=1S/C20H21NO2/c1-20(2)13-15-7-4-5-10-17(15)18(21-20)12-19(22)14-8-6-9-16(11-14)23-3/h4-12,21H,13H2,1-3H3.